The van der Waals surface area contributed by atoms with Crippen molar-refractivity contribution < 1.29 is 4.79 Å². The maximum Gasteiger partial charge on any atom is 0.329 e. The lowest BCUT2D eigenvalue weighted by Gasteiger charge is -2.35. The van der Waals surface area contributed by atoms with Crippen molar-refractivity contribution in [1.29, 1.82) is 0 Å². The number of aromatic nitrogens is 3. The third kappa shape index (κ3) is 3.33. The zero-order chi connectivity index (χ0) is 20.0. The number of anilines is 3. The van der Waals surface area contributed by atoms with E-state index in [9.17, 15) is 4.79 Å². The highest BCUT2D eigenvalue weighted by Crippen LogP contribution is 2.40. The Labute approximate surface area is 176 Å². The fourth-order valence-corrected chi connectivity index (χ4v) is 4.32. The first kappa shape index (κ1) is 18.1. The molecule has 0 radical (unpaired) electrons. The summed E-state index contributed by atoms with van der Waals surface area (Å²) in [6, 6.07) is 11.5. The Hall–Kier alpha value is -3.00. The van der Waals surface area contributed by atoms with Crippen LogP contribution in [0.15, 0.2) is 53.3 Å². The van der Waals surface area contributed by atoms with Gasteiger partial charge in [0.2, 0.25) is 0 Å². The minimum atomic E-state index is -0.209. The standard InChI is InChI=1S/C21H19BrN6O/c1-13-10-14(4-7-23-13)17-2-3-18-20(25-17)28(16-6-9-27(18)12-16)21(29)26-19-11-15(22)5-8-24-19/h2-5,7-8,10-11,16H,6,9,12H2,1H3,(H,24,26,29)/t16-/m0/s1. The predicted molar refractivity (Wildman–Crippen MR) is 116 cm³/mol. The van der Waals surface area contributed by atoms with Crippen LogP contribution in [0.2, 0.25) is 0 Å². The summed E-state index contributed by atoms with van der Waals surface area (Å²) in [5.74, 6) is 1.20. The summed E-state index contributed by atoms with van der Waals surface area (Å²) in [6.07, 6.45) is 4.35. The largest absolute Gasteiger partial charge is 0.366 e. The summed E-state index contributed by atoms with van der Waals surface area (Å²) in [6.45, 7) is 3.70. The van der Waals surface area contributed by atoms with Crippen LogP contribution in [0.4, 0.5) is 22.1 Å². The van der Waals surface area contributed by atoms with E-state index in [1.54, 1.807) is 23.4 Å². The number of nitrogens with zero attached hydrogens (tertiary/aromatic N) is 5. The number of amides is 2. The van der Waals surface area contributed by atoms with E-state index in [4.69, 9.17) is 4.98 Å². The molecule has 5 rings (SSSR count). The van der Waals surface area contributed by atoms with E-state index in [2.05, 4.69) is 42.2 Å². The van der Waals surface area contributed by atoms with Gasteiger partial charge in [0.25, 0.3) is 0 Å². The normalized spacial score (nSPS) is 17.2. The first-order valence-electron chi connectivity index (χ1n) is 9.49. The summed E-state index contributed by atoms with van der Waals surface area (Å²) in [4.78, 5) is 30.7. The molecule has 146 valence electrons. The number of nitrogens with one attached hydrogen (secondary N) is 1. The van der Waals surface area contributed by atoms with E-state index in [1.165, 1.54) is 0 Å². The van der Waals surface area contributed by atoms with Crippen molar-refractivity contribution in [3.05, 3.63) is 59.0 Å². The molecule has 2 aliphatic heterocycles. The number of carbonyl (C=O) groups is 1. The monoisotopic (exact) mass is 450 g/mol. The van der Waals surface area contributed by atoms with Gasteiger partial charge in [0.1, 0.15) is 5.82 Å². The molecule has 0 unspecified atom stereocenters. The number of hydrogen-bond donors (Lipinski definition) is 1. The van der Waals surface area contributed by atoms with Crippen LogP contribution in [0.5, 0.6) is 0 Å². The van der Waals surface area contributed by atoms with Crippen molar-refractivity contribution in [3.63, 3.8) is 0 Å². The Bertz CT molecular complexity index is 1100. The highest BCUT2D eigenvalue weighted by Gasteiger charge is 2.40. The fourth-order valence-electron chi connectivity index (χ4n) is 3.98. The summed E-state index contributed by atoms with van der Waals surface area (Å²) in [5, 5.41) is 2.92. The van der Waals surface area contributed by atoms with E-state index in [0.717, 1.165) is 46.6 Å². The number of carbonyl (C=O) groups excluding carboxylic acids is 1. The molecule has 29 heavy (non-hydrogen) atoms. The number of halogens is 1. The molecule has 5 heterocycles. The van der Waals surface area contributed by atoms with Crippen molar-refractivity contribution in [3.8, 4) is 11.3 Å². The molecular formula is C21H19BrN6O. The molecule has 3 aromatic heterocycles. The van der Waals surface area contributed by atoms with Crippen LogP contribution in [-0.2, 0) is 0 Å². The number of urea groups is 1. The average molecular weight is 451 g/mol. The SMILES string of the molecule is Cc1cc(-c2ccc3c(n2)N(C(=O)Nc2cc(Br)ccn2)[C@H]2CCN3C2)ccn1. The van der Waals surface area contributed by atoms with Crippen LogP contribution in [-0.4, -0.2) is 40.1 Å². The molecule has 0 spiro atoms. The van der Waals surface area contributed by atoms with E-state index >= 15 is 0 Å². The van der Waals surface area contributed by atoms with Gasteiger partial charge in [-0.25, -0.2) is 14.8 Å². The predicted octanol–water partition coefficient (Wildman–Crippen LogP) is 4.24. The molecule has 0 saturated carbocycles. The first-order valence-corrected chi connectivity index (χ1v) is 10.3. The highest BCUT2D eigenvalue weighted by atomic mass is 79.9. The van der Waals surface area contributed by atoms with E-state index in [1.807, 2.05) is 31.2 Å². The van der Waals surface area contributed by atoms with Gasteiger partial charge < -0.3 is 4.90 Å². The number of aryl methyl sites for hydroxylation is 1. The molecule has 2 bridgehead atoms. The highest BCUT2D eigenvalue weighted by molar-refractivity contribution is 9.10. The van der Waals surface area contributed by atoms with Gasteiger partial charge in [-0.05, 0) is 49.7 Å². The molecule has 1 saturated heterocycles. The Morgan fingerprint density at radius 2 is 2.03 bits per heavy atom. The maximum atomic E-state index is 13.2. The summed E-state index contributed by atoms with van der Waals surface area (Å²) in [7, 11) is 0. The summed E-state index contributed by atoms with van der Waals surface area (Å²) in [5.41, 5.74) is 3.74. The second-order valence-electron chi connectivity index (χ2n) is 7.27. The van der Waals surface area contributed by atoms with Crippen molar-refractivity contribution in [1.82, 2.24) is 15.0 Å². The van der Waals surface area contributed by atoms with Gasteiger partial charge in [0, 0.05) is 41.2 Å². The Kier molecular flexibility index (Phi) is 4.43. The molecule has 1 N–H and O–H groups in total. The molecule has 2 aliphatic rings. The zero-order valence-corrected chi connectivity index (χ0v) is 17.4. The van der Waals surface area contributed by atoms with Crippen LogP contribution in [0.25, 0.3) is 11.3 Å². The molecule has 1 atom stereocenters. The van der Waals surface area contributed by atoms with Gasteiger partial charge >= 0.3 is 6.03 Å². The van der Waals surface area contributed by atoms with Gasteiger partial charge in [-0.3, -0.25) is 15.2 Å². The quantitative estimate of drug-likeness (QED) is 0.631. The van der Waals surface area contributed by atoms with Crippen LogP contribution >= 0.6 is 15.9 Å². The van der Waals surface area contributed by atoms with Gasteiger partial charge in [-0.15, -0.1) is 0 Å². The Morgan fingerprint density at radius 3 is 2.86 bits per heavy atom. The summed E-state index contributed by atoms with van der Waals surface area (Å²) >= 11 is 3.42. The second-order valence-corrected chi connectivity index (χ2v) is 8.19. The lowest BCUT2D eigenvalue weighted by molar-refractivity contribution is 0.254. The minimum Gasteiger partial charge on any atom is -0.366 e. The van der Waals surface area contributed by atoms with Gasteiger partial charge in [0.15, 0.2) is 5.82 Å². The lowest BCUT2D eigenvalue weighted by Crippen LogP contribution is -2.48. The smallest absolute Gasteiger partial charge is 0.329 e. The van der Waals surface area contributed by atoms with Crippen LogP contribution in [0.1, 0.15) is 12.1 Å². The summed E-state index contributed by atoms with van der Waals surface area (Å²) < 4.78 is 0.863. The average Bonchev–Trinajstić information content (AvgIpc) is 3.12. The Balaban J connectivity index is 1.53. The molecule has 0 aliphatic carbocycles. The molecule has 1 fully saturated rings. The first-order chi connectivity index (χ1) is 14.1. The zero-order valence-electron chi connectivity index (χ0n) is 15.8. The number of pyridine rings is 3. The molecule has 7 nitrogen and oxygen atoms in total. The third-order valence-corrected chi connectivity index (χ3v) is 5.81. The fraction of sp³-hybridized carbons (Fsp3) is 0.238. The molecule has 3 aromatic rings. The van der Waals surface area contributed by atoms with Crippen LogP contribution in [0, 0.1) is 6.92 Å². The lowest BCUT2D eigenvalue weighted by atomic mass is 10.1. The van der Waals surface area contributed by atoms with E-state index in [-0.39, 0.29) is 12.1 Å². The third-order valence-electron chi connectivity index (χ3n) is 5.32. The Morgan fingerprint density at radius 1 is 1.17 bits per heavy atom. The topological polar surface area (TPSA) is 74.2 Å². The van der Waals surface area contributed by atoms with Gasteiger partial charge in [-0.1, -0.05) is 15.9 Å². The van der Waals surface area contributed by atoms with E-state index < -0.39 is 0 Å². The van der Waals surface area contributed by atoms with Gasteiger partial charge in [0.05, 0.1) is 17.4 Å². The number of rotatable bonds is 2. The number of hydrogen-bond acceptors (Lipinski definition) is 5. The van der Waals surface area contributed by atoms with Crippen molar-refractivity contribution in [2.75, 3.05) is 28.2 Å². The maximum absolute atomic E-state index is 13.2. The second kappa shape index (κ2) is 7.11. The molecule has 2 amide bonds. The van der Waals surface area contributed by atoms with Crippen LogP contribution in [0.3, 0.4) is 0 Å². The van der Waals surface area contributed by atoms with E-state index in [0.29, 0.717) is 11.6 Å². The van der Waals surface area contributed by atoms with Crippen molar-refractivity contribution in [2.24, 2.45) is 0 Å². The van der Waals surface area contributed by atoms with Crippen LogP contribution < -0.4 is 15.1 Å². The van der Waals surface area contributed by atoms with Gasteiger partial charge in [-0.2, -0.15) is 0 Å². The molecule has 0 aromatic carbocycles. The number of fused-ring (bicyclic) bond motifs is 4. The molecular weight excluding hydrogens is 432 g/mol. The molecule has 8 heteroatoms. The van der Waals surface area contributed by atoms with Crippen molar-refractivity contribution in [2.45, 2.75) is 19.4 Å². The minimum absolute atomic E-state index is 0.0941. The van der Waals surface area contributed by atoms with Crippen molar-refractivity contribution >= 4 is 39.3 Å².